The molecule has 0 aromatic heterocycles. The lowest BCUT2D eigenvalue weighted by molar-refractivity contribution is -0.385. The van der Waals surface area contributed by atoms with Crippen molar-refractivity contribution in [3.63, 3.8) is 0 Å². The van der Waals surface area contributed by atoms with E-state index >= 15 is 0 Å². The molecule has 1 fully saturated rings. The normalized spacial score (nSPS) is 15.1. The van der Waals surface area contributed by atoms with Crippen LogP contribution in [0.5, 0.6) is 0 Å². The van der Waals surface area contributed by atoms with Gasteiger partial charge in [-0.05, 0) is 53.4 Å². The zero-order chi connectivity index (χ0) is 13.1. The number of nitro benzene ring substituents is 1. The van der Waals surface area contributed by atoms with E-state index in [-0.39, 0.29) is 10.6 Å². The summed E-state index contributed by atoms with van der Waals surface area (Å²) in [6, 6.07) is 6.09. The molecule has 0 spiro atoms. The molecular weight excluding hydrogens is 296 g/mol. The molecule has 1 aliphatic carbocycles. The van der Waals surface area contributed by atoms with Crippen LogP contribution in [-0.2, 0) is 6.54 Å². The molecule has 98 valence electrons. The maximum atomic E-state index is 10.9. The highest BCUT2D eigenvalue weighted by atomic mass is 79.9. The molecule has 1 aromatic rings. The lowest BCUT2D eigenvalue weighted by Gasteiger charge is -2.21. The number of nitro groups is 1. The molecule has 0 unspecified atom stereocenters. The standard InChI is InChI=1S/C13H17BrN2O2/c1-2-7-15(11-4-5-11)9-10-3-6-12(14)13(8-10)16(17)18/h3,6,8,11H,2,4-5,7,9H2,1H3. The van der Waals surface area contributed by atoms with E-state index in [2.05, 4.69) is 27.8 Å². The van der Waals surface area contributed by atoms with Crippen molar-refractivity contribution in [2.24, 2.45) is 0 Å². The van der Waals surface area contributed by atoms with E-state index in [1.807, 2.05) is 6.07 Å². The largest absolute Gasteiger partial charge is 0.296 e. The van der Waals surface area contributed by atoms with Crippen LogP contribution >= 0.6 is 15.9 Å². The molecule has 2 rings (SSSR count). The van der Waals surface area contributed by atoms with Crippen LogP contribution in [0.15, 0.2) is 22.7 Å². The number of benzene rings is 1. The second-order valence-corrected chi connectivity index (χ2v) is 5.60. The van der Waals surface area contributed by atoms with E-state index in [9.17, 15) is 10.1 Å². The van der Waals surface area contributed by atoms with Gasteiger partial charge in [0.15, 0.2) is 0 Å². The van der Waals surface area contributed by atoms with Gasteiger partial charge < -0.3 is 0 Å². The quantitative estimate of drug-likeness (QED) is 0.594. The van der Waals surface area contributed by atoms with Crippen LogP contribution in [0.4, 0.5) is 5.69 Å². The summed E-state index contributed by atoms with van der Waals surface area (Å²) >= 11 is 3.21. The van der Waals surface area contributed by atoms with Crippen LogP contribution in [0, 0.1) is 10.1 Å². The molecular formula is C13H17BrN2O2. The van der Waals surface area contributed by atoms with Crippen molar-refractivity contribution in [3.05, 3.63) is 38.3 Å². The van der Waals surface area contributed by atoms with Gasteiger partial charge in [0, 0.05) is 18.7 Å². The highest BCUT2D eigenvalue weighted by Gasteiger charge is 2.28. The minimum atomic E-state index is -0.338. The fourth-order valence-electron chi connectivity index (χ4n) is 2.15. The topological polar surface area (TPSA) is 46.4 Å². The van der Waals surface area contributed by atoms with Gasteiger partial charge in [-0.25, -0.2) is 0 Å². The Labute approximate surface area is 115 Å². The Kier molecular flexibility index (Phi) is 4.35. The summed E-state index contributed by atoms with van der Waals surface area (Å²) in [5.74, 6) is 0. The predicted molar refractivity (Wildman–Crippen MR) is 74.5 cm³/mol. The Morgan fingerprint density at radius 3 is 2.78 bits per heavy atom. The van der Waals surface area contributed by atoms with E-state index in [0.29, 0.717) is 10.5 Å². The van der Waals surface area contributed by atoms with Crippen LogP contribution in [0.1, 0.15) is 31.7 Å². The molecule has 0 aliphatic heterocycles. The van der Waals surface area contributed by atoms with E-state index in [4.69, 9.17) is 0 Å². The third kappa shape index (κ3) is 3.29. The first-order valence-electron chi connectivity index (χ1n) is 6.28. The van der Waals surface area contributed by atoms with Crippen molar-refractivity contribution in [2.45, 2.75) is 38.8 Å². The van der Waals surface area contributed by atoms with Crippen molar-refractivity contribution in [1.29, 1.82) is 0 Å². The monoisotopic (exact) mass is 312 g/mol. The molecule has 1 aliphatic rings. The molecule has 0 amide bonds. The fraction of sp³-hybridized carbons (Fsp3) is 0.538. The maximum Gasteiger partial charge on any atom is 0.283 e. The molecule has 0 bridgehead atoms. The Bertz CT molecular complexity index is 447. The lowest BCUT2D eigenvalue weighted by Crippen LogP contribution is -2.26. The smallest absolute Gasteiger partial charge is 0.283 e. The van der Waals surface area contributed by atoms with Gasteiger partial charge in [0.1, 0.15) is 0 Å². The highest BCUT2D eigenvalue weighted by molar-refractivity contribution is 9.10. The number of nitrogens with zero attached hydrogens (tertiary/aromatic N) is 2. The van der Waals surface area contributed by atoms with Crippen LogP contribution in [-0.4, -0.2) is 22.4 Å². The Morgan fingerprint density at radius 1 is 1.50 bits per heavy atom. The van der Waals surface area contributed by atoms with Gasteiger partial charge in [-0.1, -0.05) is 13.0 Å². The fourth-order valence-corrected chi connectivity index (χ4v) is 2.54. The number of halogens is 1. The van der Waals surface area contributed by atoms with Crippen LogP contribution < -0.4 is 0 Å². The zero-order valence-corrected chi connectivity index (χ0v) is 12.0. The Hall–Kier alpha value is -0.940. The van der Waals surface area contributed by atoms with Gasteiger partial charge in [-0.2, -0.15) is 0 Å². The molecule has 0 saturated heterocycles. The van der Waals surface area contributed by atoms with E-state index in [1.54, 1.807) is 12.1 Å². The average molecular weight is 313 g/mol. The van der Waals surface area contributed by atoms with Gasteiger partial charge >= 0.3 is 0 Å². The molecule has 0 radical (unpaired) electrons. The summed E-state index contributed by atoms with van der Waals surface area (Å²) in [7, 11) is 0. The van der Waals surface area contributed by atoms with Gasteiger partial charge in [-0.15, -0.1) is 0 Å². The van der Waals surface area contributed by atoms with Crippen molar-refractivity contribution in [1.82, 2.24) is 4.90 Å². The molecule has 0 atom stereocenters. The summed E-state index contributed by atoms with van der Waals surface area (Å²) in [6.07, 6.45) is 3.65. The number of rotatable bonds is 6. The van der Waals surface area contributed by atoms with Crippen molar-refractivity contribution < 1.29 is 4.92 Å². The second kappa shape index (κ2) is 5.80. The average Bonchev–Trinajstić information content (AvgIpc) is 3.14. The van der Waals surface area contributed by atoms with Crippen LogP contribution in [0.3, 0.4) is 0 Å². The summed E-state index contributed by atoms with van der Waals surface area (Å²) in [6.45, 7) is 4.04. The molecule has 0 heterocycles. The van der Waals surface area contributed by atoms with Gasteiger partial charge in [0.05, 0.1) is 9.40 Å². The van der Waals surface area contributed by atoms with Crippen molar-refractivity contribution in [3.8, 4) is 0 Å². The molecule has 18 heavy (non-hydrogen) atoms. The minimum Gasteiger partial charge on any atom is -0.296 e. The van der Waals surface area contributed by atoms with Gasteiger partial charge in [-0.3, -0.25) is 15.0 Å². The number of hydrogen-bond acceptors (Lipinski definition) is 3. The molecule has 0 N–H and O–H groups in total. The molecule has 1 saturated carbocycles. The first kappa shape index (κ1) is 13.5. The first-order chi connectivity index (χ1) is 8.61. The summed E-state index contributed by atoms with van der Waals surface area (Å²) in [5, 5.41) is 10.9. The van der Waals surface area contributed by atoms with Crippen LogP contribution in [0.25, 0.3) is 0 Å². The Balaban J connectivity index is 2.12. The Morgan fingerprint density at radius 2 is 2.22 bits per heavy atom. The van der Waals surface area contributed by atoms with E-state index < -0.39 is 0 Å². The molecule has 4 nitrogen and oxygen atoms in total. The zero-order valence-electron chi connectivity index (χ0n) is 10.4. The minimum absolute atomic E-state index is 0.153. The molecule has 5 heteroatoms. The summed E-state index contributed by atoms with van der Waals surface area (Å²) in [4.78, 5) is 13.0. The van der Waals surface area contributed by atoms with Gasteiger partial charge in [0.2, 0.25) is 0 Å². The third-order valence-corrected chi connectivity index (χ3v) is 3.84. The SMILES string of the molecule is CCCN(Cc1ccc(Br)c([N+](=O)[O-])c1)C1CC1. The number of hydrogen-bond donors (Lipinski definition) is 0. The van der Waals surface area contributed by atoms with Crippen molar-refractivity contribution in [2.75, 3.05) is 6.54 Å². The highest BCUT2D eigenvalue weighted by Crippen LogP contribution is 2.30. The van der Waals surface area contributed by atoms with E-state index in [1.165, 1.54) is 12.8 Å². The van der Waals surface area contributed by atoms with Gasteiger partial charge in [0.25, 0.3) is 5.69 Å². The van der Waals surface area contributed by atoms with Crippen molar-refractivity contribution >= 4 is 21.6 Å². The molecule has 1 aromatic carbocycles. The first-order valence-corrected chi connectivity index (χ1v) is 7.08. The second-order valence-electron chi connectivity index (χ2n) is 4.74. The third-order valence-electron chi connectivity index (χ3n) is 3.17. The lowest BCUT2D eigenvalue weighted by atomic mass is 10.2. The van der Waals surface area contributed by atoms with E-state index in [0.717, 1.165) is 25.1 Å². The summed E-state index contributed by atoms with van der Waals surface area (Å²) in [5.41, 5.74) is 1.17. The maximum absolute atomic E-state index is 10.9. The van der Waals surface area contributed by atoms with Crippen LogP contribution in [0.2, 0.25) is 0 Å². The summed E-state index contributed by atoms with van der Waals surface area (Å²) < 4.78 is 0.546. The predicted octanol–water partition coefficient (Wildman–Crippen LogP) is 3.73.